The van der Waals surface area contributed by atoms with Gasteiger partial charge in [-0.3, -0.25) is 0 Å². The molecule has 0 aromatic carbocycles. The fourth-order valence-corrected chi connectivity index (χ4v) is 2.12. The summed E-state index contributed by atoms with van der Waals surface area (Å²) in [6.07, 6.45) is 2.80. The Kier molecular flexibility index (Phi) is 3.76. The van der Waals surface area contributed by atoms with Gasteiger partial charge < -0.3 is 15.2 Å². The highest BCUT2D eigenvalue weighted by Crippen LogP contribution is 2.34. The fraction of sp³-hybridized carbons (Fsp3) is 0.643. The summed E-state index contributed by atoms with van der Waals surface area (Å²) >= 11 is 0. The van der Waals surface area contributed by atoms with Crippen LogP contribution in [0.5, 0.6) is 5.75 Å². The Balaban J connectivity index is 2.14. The van der Waals surface area contributed by atoms with E-state index in [1.54, 1.807) is 6.20 Å². The van der Waals surface area contributed by atoms with E-state index in [4.69, 9.17) is 15.2 Å². The Labute approximate surface area is 108 Å². The summed E-state index contributed by atoms with van der Waals surface area (Å²) in [5.41, 5.74) is 7.04. The number of ether oxygens (including phenoxy) is 2. The molecule has 0 amide bonds. The molecular weight excluding hydrogens is 228 g/mol. The van der Waals surface area contributed by atoms with Crippen molar-refractivity contribution in [1.29, 1.82) is 0 Å². The maximum atomic E-state index is 5.94. The molecule has 0 aliphatic carbocycles. The van der Waals surface area contributed by atoms with Crippen LogP contribution in [0.3, 0.4) is 0 Å². The van der Waals surface area contributed by atoms with Crippen LogP contribution in [-0.2, 0) is 10.2 Å². The van der Waals surface area contributed by atoms with Crippen LogP contribution < -0.4 is 10.5 Å². The van der Waals surface area contributed by atoms with Crippen molar-refractivity contribution in [3.8, 4) is 5.75 Å². The topological polar surface area (TPSA) is 57.4 Å². The molecular formula is C14H22N2O2. The average molecular weight is 250 g/mol. The lowest BCUT2D eigenvalue weighted by molar-refractivity contribution is 0.166. The van der Waals surface area contributed by atoms with Gasteiger partial charge in [0.25, 0.3) is 0 Å². The van der Waals surface area contributed by atoms with E-state index in [2.05, 4.69) is 25.8 Å². The van der Waals surface area contributed by atoms with E-state index in [-0.39, 0.29) is 5.41 Å². The largest absolute Gasteiger partial charge is 0.489 e. The molecule has 0 radical (unpaired) electrons. The van der Waals surface area contributed by atoms with Gasteiger partial charge in [0.15, 0.2) is 11.6 Å². The Morgan fingerprint density at radius 2 is 2.28 bits per heavy atom. The molecule has 0 bridgehead atoms. The summed E-state index contributed by atoms with van der Waals surface area (Å²) < 4.78 is 11.3. The van der Waals surface area contributed by atoms with Gasteiger partial charge in [0.2, 0.25) is 0 Å². The van der Waals surface area contributed by atoms with Crippen LogP contribution in [0.1, 0.15) is 32.8 Å². The van der Waals surface area contributed by atoms with E-state index >= 15 is 0 Å². The monoisotopic (exact) mass is 250 g/mol. The number of anilines is 1. The average Bonchev–Trinajstić information content (AvgIpc) is 2.78. The molecule has 1 atom stereocenters. The number of hydrogen-bond donors (Lipinski definition) is 1. The van der Waals surface area contributed by atoms with Gasteiger partial charge in [0.1, 0.15) is 0 Å². The van der Waals surface area contributed by atoms with E-state index in [1.165, 1.54) is 0 Å². The number of aromatic nitrogens is 1. The maximum absolute atomic E-state index is 5.94. The Hall–Kier alpha value is -1.29. The zero-order chi connectivity index (χ0) is 13.2. The van der Waals surface area contributed by atoms with Crippen LogP contribution in [0.2, 0.25) is 0 Å². The van der Waals surface area contributed by atoms with E-state index in [0.29, 0.717) is 18.3 Å². The first-order valence-corrected chi connectivity index (χ1v) is 6.44. The van der Waals surface area contributed by atoms with Gasteiger partial charge in [-0.1, -0.05) is 20.8 Å². The van der Waals surface area contributed by atoms with Crippen molar-refractivity contribution in [2.24, 2.45) is 5.92 Å². The molecule has 1 aliphatic rings. The second-order valence-electron chi connectivity index (χ2n) is 5.86. The number of nitrogen functional groups attached to an aromatic ring is 1. The first kappa shape index (κ1) is 13.1. The van der Waals surface area contributed by atoms with E-state index in [9.17, 15) is 0 Å². The van der Waals surface area contributed by atoms with Crippen LogP contribution in [0.15, 0.2) is 12.3 Å². The smallest absolute Gasteiger partial charge is 0.166 e. The molecule has 4 heteroatoms. The third-order valence-electron chi connectivity index (χ3n) is 3.23. The number of hydrogen-bond acceptors (Lipinski definition) is 4. The van der Waals surface area contributed by atoms with Crippen molar-refractivity contribution in [1.82, 2.24) is 4.98 Å². The summed E-state index contributed by atoms with van der Waals surface area (Å²) in [5.74, 6) is 1.68. The first-order chi connectivity index (χ1) is 8.48. The third-order valence-corrected chi connectivity index (χ3v) is 3.23. The Morgan fingerprint density at radius 1 is 1.50 bits per heavy atom. The van der Waals surface area contributed by atoms with Crippen LogP contribution in [0.25, 0.3) is 0 Å². The van der Waals surface area contributed by atoms with E-state index in [0.717, 1.165) is 30.9 Å². The minimum Gasteiger partial charge on any atom is -0.489 e. The Bertz CT molecular complexity index is 407. The summed E-state index contributed by atoms with van der Waals surface area (Å²) in [6, 6.07) is 1.98. The maximum Gasteiger partial charge on any atom is 0.166 e. The standard InChI is InChI=1S/C14H22N2O2/c1-14(2,3)11-4-6-16-13(15)12(11)18-9-10-5-7-17-8-10/h4,6,10H,5,7-9H2,1-3H3,(H2,15,16). The van der Waals surface area contributed by atoms with Crippen molar-refractivity contribution in [3.05, 3.63) is 17.8 Å². The van der Waals surface area contributed by atoms with Crippen molar-refractivity contribution < 1.29 is 9.47 Å². The van der Waals surface area contributed by atoms with Crippen molar-refractivity contribution >= 4 is 5.82 Å². The van der Waals surface area contributed by atoms with Crippen LogP contribution in [0, 0.1) is 5.92 Å². The second-order valence-corrected chi connectivity index (χ2v) is 5.86. The van der Waals surface area contributed by atoms with Gasteiger partial charge in [0.05, 0.1) is 13.2 Å². The summed E-state index contributed by atoms with van der Waals surface area (Å²) in [5, 5.41) is 0. The molecule has 1 aromatic heterocycles. The molecule has 4 nitrogen and oxygen atoms in total. The lowest BCUT2D eigenvalue weighted by atomic mass is 9.87. The van der Waals surface area contributed by atoms with Gasteiger partial charge in [-0.15, -0.1) is 0 Å². The molecule has 1 aromatic rings. The number of nitrogens with two attached hydrogens (primary N) is 1. The molecule has 0 spiro atoms. The second kappa shape index (κ2) is 5.14. The first-order valence-electron chi connectivity index (χ1n) is 6.44. The molecule has 18 heavy (non-hydrogen) atoms. The number of pyridine rings is 1. The predicted molar refractivity (Wildman–Crippen MR) is 71.8 cm³/mol. The van der Waals surface area contributed by atoms with Gasteiger partial charge in [-0.2, -0.15) is 0 Å². The van der Waals surface area contributed by atoms with Crippen molar-refractivity contribution in [2.75, 3.05) is 25.6 Å². The lowest BCUT2D eigenvalue weighted by Gasteiger charge is -2.24. The van der Waals surface area contributed by atoms with E-state index in [1.807, 2.05) is 6.07 Å². The molecule has 1 saturated heterocycles. The molecule has 0 saturated carbocycles. The SMILES string of the molecule is CC(C)(C)c1ccnc(N)c1OCC1CCOC1. The highest BCUT2D eigenvalue weighted by Gasteiger charge is 2.23. The lowest BCUT2D eigenvalue weighted by Crippen LogP contribution is -2.18. The number of nitrogens with zero attached hydrogens (tertiary/aromatic N) is 1. The normalized spacial score (nSPS) is 20.1. The predicted octanol–water partition coefficient (Wildman–Crippen LogP) is 2.38. The van der Waals surface area contributed by atoms with Crippen molar-refractivity contribution in [2.45, 2.75) is 32.6 Å². The van der Waals surface area contributed by atoms with E-state index < -0.39 is 0 Å². The zero-order valence-corrected chi connectivity index (χ0v) is 11.4. The third kappa shape index (κ3) is 2.93. The van der Waals surface area contributed by atoms with Crippen molar-refractivity contribution in [3.63, 3.8) is 0 Å². The summed E-state index contributed by atoms with van der Waals surface area (Å²) in [7, 11) is 0. The molecule has 1 unspecified atom stereocenters. The minimum atomic E-state index is -0.00142. The van der Waals surface area contributed by atoms with Crippen LogP contribution in [-0.4, -0.2) is 24.8 Å². The highest BCUT2D eigenvalue weighted by molar-refractivity contribution is 5.53. The fourth-order valence-electron chi connectivity index (χ4n) is 2.12. The summed E-state index contributed by atoms with van der Waals surface area (Å²) in [4.78, 5) is 4.12. The van der Waals surface area contributed by atoms with Gasteiger partial charge >= 0.3 is 0 Å². The van der Waals surface area contributed by atoms with Crippen LogP contribution >= 0.6 is 0 Å². The van der Waals surface area contributed by atoms with Gasteiger partial charge in [-0.05, 0) is 17.9 Å². The molecule has 1 fully saturated rings. The quantitative estimate of drug-likeness (QED) is 0.894. The highest BCUT2D eigenvalue weighted by atomic mass is 16.5. The molecule has 100 valence electrons. The summed E-state index contributed by atoms with van der Waals surface area (Å²) in [6.45, 7) is 8.71. The van der Waals surface area contributed by atoms with Crippen LogP contribution in [0.4, 0.5) is 5.82 Å². The molecule has 2 heterocycles. The molecule has 1 aliphatic heterocycles. The molecule has 2 N–H and O–H groups in total. The Morgan fingerprint density at radius 3 is 2.89 bits per heavy atom. The molecule has 2 rings (SSSR count). The number of rotatable bonds is 3. The van der Waals surface area contributed by atoms with Gasteiger partial charge in [-0.25, -0.2) is 4.98 Å². The van der Waals surface area contributed by atoms with Gasteiger partial charge in [0, 0.05) is 24.3 Å². The zero-order valence-electron chi connectivity index (χ0n) is 11.4. The minimum absolute atomic E-state index is 0.00142.